The summed E-state index contributed by atoms with van der Waals surface area (Å²) in [5.74, 6) is 0.678. The van der Waals surface area contributed by atoms with Gasteiger partial charge in [0.05, 0.1) is 16.6 Å². The fourth-order valence-electron chi connectivity index (χ4n) is 2.80. The Balaban J connectivity index is 2.03. The first-order valence-electron chi connectivity index (χ1n) is 7.11. The summed E-state index contributed by atoms with van der Waals surface area (Å²) in [6.45, 7) is 1.86. The molecule has 0 amide bonds. The van der Waals surface area contributed by atoms with Gasteiger partial charge >= 0.3 is 0 Å². The smallest absolute Gasteiger partial charge is 0.145 e. The van der Waals surface area contributed by atoms with Gasteiger partial charge in [-0.15, -0.1) is 0 Å². The number of halogens is 1. The molecule has 1 fully saturated rings. The van der Waals surface area contributed by atoms with Crippen molar-refractivity contribution in [2.45, 2.75) is 25.8 Å². The van der Waals surface area contributed by atoms with E-state index >= 15 is 0 Å². The highest BCUT2D eigenvalue weighted by Gasteiger charge is 2.29. The SMILES string of the molecule is Cc1cccc(-c2nc3cc(F)ccc3n2C2CC2)c1O. The van der Waals surface area contributed by atoms with Crippen molar-refractivity contribution < 1.29 is 9.50 Å². The Kier molecular flexibility index (Phi) is 2.55. The molecule has 1 saturated carbocycles. The Morgan fingerprint density at radius 3 is 2.81 bits per heavy atom. The van der Waals surface area contributed by atoms with Crippen LogP contribution in [0.4, 0.5) is 4.39 Å². The monoisotopic (exact) mass is 282 g/mol. The van der Waals surface area contributed by atoms with E-state index < -0.39 is 0 Å². The van der Waals surface area contributed by atoms with Crippen molar-refractivity contribution in [3.63, 3.8) is 0 Å². The van der Waals surface area contributed by atoms with Crippen LogP contribution in [0.15, 0.2) is 36.4 Å². The predicted octanol–water partition coefficient (Wildman–Crippen LogP) is 4.19. The van der Waals surface area contributed by atoms with E-state index in [1.807, 2.05) is 25.1 Å². The van der Waals surface area contributed by atoms with Crippen LogP contribution in [-0.2, 0) is 0 Å². The van der Waals surface area contributed by atoms with E-state index in [-0.39, 0.29) is 11.6 Å². The summed E-state index contributed by atoms with van der Waals surface area (Å²) < 4.78 is 15.6. The maximum atomic E-state index is 13.4. The van der Waals surface area contributed by atoms with Gasteiger partial charge in [-0.05, 0) is 43.5 Å². The standard InChI is InChI=1S/C17H15FN2O/c1-10-3-2-4-13(16(10)21)17-19-14-9-11(18)5-8-15(14)20(17)12-6-7-12/h2-5,8-9,12,21H,6-7H2,1H3. The average molecular weight is 282 g/mol. The third-order valence-corrected chi connectivity index (χ3v) is 4.04. The highest BCUT2D eigenvalue weighted by atomic mass is 19.1. The fourth-order valence-corrected chi connectivity index (χ4v) is 2.80. The summed E-state index contributed by atoms with van der Waals surface area (Å²) in [4.78, 5) is 4.57. The molecular weight excluding hydrogens is 267 g/mol. The zero-order chi connectivity index (χ0) is 14.6. The number of phenols is 1. The van der Waals surface area contributed by atoms with Crippen LogP contribution >= 0.6 is 0 Å². The summed E-state index contributed by atoms with van der Waals surface area (Å²) >= 11 is 0. The predicted molar refractivity (Wildman–Crippen MR) is 79.8 cm³/mol. The first-order valence-corrected chi connectivity index (χ1v) is 7.11. The number of hydrogen-bond acceptors (Lipinski definition) is 2. The molecule has 21 heavy (non-hydrogen) atoms. The number of para-hydroxylation sites is 1. The first kappa shape index (κ1) is 12.4. The van der Waals surface area contributed by atoms with Crippen molar-refractivity contribution in [1.82, 2.24) is 9.55 Å². The Labute approximate surface area is 121 Å². The van der Waals surface area contributed by atoms with Gasteiger partial charge in [0.25, 0.3) is 0 Å². The molecule has 1 heterocycles. The second-order valence-electron chi connectivity index (χ2n) is 5.64. The molecule has 0 radical (unpaired) electrons. The summed E-state index contributed by atoms with van der Waals surface area (Å²) in [6, 6.07) is 10.7. The van der Waals surface area contributed by atoms with E-state index in [1.54, 1.807) is 6.07 Å². The Bertz CT molecular complexity index is 849. The number of benzene rings is 2. The van der Waals surface area contributed by atoms with E-state index in [0.29, 0.717) is 17.1 Å². The van der Waals surface area contributed by atoms with Gasteiger partial charge in [0.15, 0.2) is 0 Å². The zero-order valence-electron chi connectivity index (χ0n) is 11.7. The molecule has 0 bridgehead atoms. The average Bonchev–Trinajstić information content (AvgIpc) is 3.23. The minimum absolute atomic E-state index is 0.246. The molecule has 106 valence electrons. The van der Waals surface area contributed by atoms with Gasteiger partial charge in [-0.1, -0.05) is 12.1 Å². The van der Waals surface area contributed by atoms with E-state index in [1.165, 1.54) is 12.1 Å². The topological polar surface area (TPSA) is 38.0 Å². The van der Waals surface area contributed by atoms with Crippen LogP contribution < -0.4 is 0 Å². The van der Waals surface area contributed by atoms with Gasteiger partial charge in [-0.25, -0.2) is 9.37 Å². The quantitative estimate of drug-likeness (QED) is 0.765. The van der Waals surface area contributed by atoms with E-state index in [0.717, 1.165) is 29.7 Å². The van der Waals surface area contributed by atoms with Crippen LogP contribution in [0.25, 0.3) is 22.4 Å². The molecule has 4 rings (SSSR count). The van der Waals surface area contributed by atoms with Crippen LogP contribution in [0.2, 0.25) is 0 Å². The first-order chi connectivity index (χ1) is 10.1. The molecule has 3 aromatic rings. The Morgan fingerprint density at radius 2 is 2.05 bits per heavy atom. The molecule has 1 aliphatic carbocycles. The number of rotatable bonds is 2. The van der Waals surface area contributed by atoms with Gasteiger partial charge in [-0.2, -0.15) is 0 Å². The van der Waals surface area contributed by atoms with Gasteiger partial charge in [0, 0.05) is 12.1 Å². The largest absolute Gasteiger partial charge is 0.507 e. The molecule has 2 aromatic carbocycles. The second-order valence-corrected chi connectivity index (χ2v) is 5.64. The van der Waals surface area contributed by atoms with E-state index in [4.69, 9.17) is 0 Å². The number of aryl methyl sites for hydroxylation is 1. The second kappa shape index (κ2) is 4.32. The molecule has 0 aliphatic heterocycles. The van der Waals surface area contributed by atoms with Gasteiger partial charge in [0.1, 0.15) is 17.4 Å². The lowest BCUT2D eigenvalue weighted by molar-refractivity contribution is 0.472. The lowest BCUT2D eigenvalue weighted by Gasteiger charge is -2.10. The van der Waals surface area contributed by atoms with Gasteiger partial charge < -0.3 is 9.67 Å². The molecule has 0 saturated heterocycles. The maximum Gasteiger partial charge on any atom is 0.145 e. The minimum atomic E-state index is -0.289. The number of hydrogen-bond donors (Lipinski definition) is 1. The number of imidazole rings is 1. The lowest BCUT2D eigenvalue weighted by atomic mass is 10.1. The van der Waals surface area contributed by atoms with Crippen molar-refractivity contribution in [3.05, 3.63) is 47.8 Å². The number of aromatic hydroxyl groups is 1. The number of nitrogens with zero attached hydrogens (tertiary/aromatic N) is 2. The highest BCUT2D eigenvalue weighted by molar-refractivity contribution is 5.82. The third kappa shape index (κ3) is 1.90. The van der Waals surface area contributed by atoms with Gasteiger partial charge in [-0.3, -0.25) is 0 Å². The minimum Gasteiger partial charge on any atom is -0.507 e. The number of aromatic nitrogens is 2. The lowest BCUT2D eigenvalue weighted by Crippen LogP contribution is -1.98. The molecule has 0 atom stereocenters. The molecule has 3 nitrogen and oxygen atoms in total. The molecular formula is C17H15FN2O. The summed E-state index contributed by atoms with van der Waals surface area (Å²) in [5, 5.41) is 10.3. The Hall–Kier alpha value is -2.36. The molecule has 1 N–H and O–H groups in total. The molecule has 0 spiro atoms. The van der Waals surface area contributed by atoms with Crippen molar-refractivity contribution in [1.29, 1.82) is 0 Å². The molecule has 1 aliphatic rings. The van der Waals surface area contributed by atoms with Crippen LogP contribution in [0.5, 0.6) is 5.75 Å². The molecule has 1 aromatic heterocycles. The summed E-state index contributed by atoms with van der Waals surface area (Å²) in [5.41, 5.74) is 3.08. The van der Waals surface area contributed by atoms with Crippen LogP contribution in [0.1, 0.15) is 24.4 Å². The van der Waals surface area contributed by atoms with Crippen molar-refractivity contribution in [2.24, 2.45) is 0 Å². The van der Waals surface area contributed by atoms with Gasteiger partial charge in [0.2, 0.25) is 0 Å². The third-order valence-electron chi connectivity index (χ3n) is 4.04. The van der Waals surface area contributed by atoms with Crippen LogP contribution in [0, 0.1) is 12.7 Å². The Morgan fingerprint density at radius 1 is 1.24 bits per heavy atom. The van der Waals surface area contributed by atoms with Crippen LogP contribution in [-0.4, -0.2) is 14.7 Å². The zero-order valence-corrected chi connectivity index (χ0v) is 11.7. The maximum absolute atomic E-state index is 13.4. The molecule has 4 heteroatoms. The summed E-state index contributed by atoms with van der Waals surface area (Å²) in [6.07, 6.45) is 2.20. The fraction of sp³-hybridized carbons (Fsp3) is 0.235. The number of fused-ring (bicyclic) bond motifs is 1. The normalized spacial score (nSPS) is 14.8. The van der Waals surface area contributed by atoms with Crippen molar-refractivity contribution in [2.75, 3.05) is 0 Å². The van der Waals surface area contributed by atoms with E-state index in [9.17, 15) is 9.50 Å². The van der Waals surface area contributed by atoms with Crippen molar-refractivity contribution in [3.8, 4) is 17.1 Å². The van der Waals surface area contributed by atoms with E-state index in [2.05, 4.69) is 9.55 Å². The number of phenolic OH excluding ortho intramolecular Hbond substituents is 1. The van der Waals surface area contributed by atoms with Crippen molar-refractivity contribution >= 4 is 11.0 Å². The van der Waals surface area contributed by atoms with Crippen LogP contribution in [0.3, 0.4) is 0 Å². The highest BCUT2D eigenvalue weighted by Crippen LogP contribution is 2.43. The summed E-state index contributed by atoms with van der Waals surface area (Å²) in [7, 11) is 0. The molecule has 0 unspecified atom stereocenters.